The predicted octanol–water partition coefficient (Wildman–Crippen LogP) is 1.48. The molecular weight excluding hydrogens is 388 g/mol. The highest BCUT2D eigenvalue weighted by atomic mass is 32.1. The number of hydrogen-bond donors (Lipinski definition) is 1. The first-order valence-electron chi connectivity index (χ1n) is 10.1. The third-order valence-electron chi connectivity index (χ3n) is 5.50. The average molecular weight is 417 g/mol. The lowest BCUT2D eigenvalue weighted by atomic mass is 10.2. The molecule has 29 heavy (non-hydrogen) atoms. The number of hydrogen-bond acceptors (Lipinski definition) is 6. The highest BCUT2D eigenvalue weighted by Crippen LogP contribution is 2.21. The van der Waals surface area contributed by atoms with Gasteiger partial charge in [-0.05, 0) is 49.3 Å². The summed E-state index contributed by atoms with van der Waals surface area (Å²) in [4.78, 5) is 16.5. The summed E-state index contributed by atoms with van der Waals surface area (Å²) in [6.07, 6.45) is 2.26. The number of piperazine rings is 1. The van der Waals surface area contributed by atoms with Crippen LogP contribution in [0.4, 0.5) is 0 Å². The summed E-state index contributed by atoms with van der Waals surface area (Å²) in [5.74, 6) is 1.81. The second kappa shape index (κ2) is 8.64. The second-order valence-electron chi connectivity index (χ2n) is 7.77. The van der Waals surface area contributed by atoms with E-state index in [1.54, 1.807) is 7.11 Å². The molecule has 0 radical (unpaired) electrons. The van der Waals surface area contributed by atoms with E-state index >= 15 is 0 Å². The van der Waals surface area contributed by atoms with Crippen molar-refractivity contribution >= 4 is 18.1 Å². The average Bonchev–Trinajstić information content (AvgIpc) is 3.50. The second-order valence-corrected chi connectivity index (χ2v) is 8.14. The van der Waals surface area contributed by atoms with E-state index in [2.05, 4.69) is 15.1 Å². The van der Waals surface area contributed by atoms with Crippen molar-refractivity contribution in [1.29, 1.82) is 0 Å². The Kier molecular flexibility index (Phi) is 5.98. The van der Waals surface area contributed by atoms with Crippen LogP contribution in [0.3, 0.4) is 0 Å². The molecule has 1 aromatic heterocycles. The van der Waals surface area contributed by atoms with Crippen molar-refractivity contribution in [1.82, 2.24) is 29.5 Å². The lowest BCUT2D eigenvalue weighted by molar-refractivity contribution is -0.122. The number of carbonyl (C=O) groups excluding carboxylic acids is 1. The molecule has 0 spiro atoms. The van der Waals surface area contributed by atoms with E-state index in [1.165, 1.54) is 0 Å². The Labute approximate surface area is 176 Å². The van der Waals surface area contributed by atoms with Gasteiger partial charge in [0.1, 0.15) is 5.75 Å². The van der Waals surface area contributed by atoms with Gasteiger partial charge in [0.2, 0.25) is 5.91 Å². The van der Waals surface area contributed by atoms with Gasteiger partial charge in [-0.1, -0.05) is 0 Å². The van der Waals surface area contributed by atoms with Gasteiger partial charge in [-0.25, -0.2) is 4.68 Å². The topological polar surface area (TPSA) is 67.6 Å². The Balaban J connectivity index is 1.35. The SMILES string of the molecule is COc1ccc(-c2nn(CN3CCN(CC(=O)NC4CC4)CC3)c(=S)n2C)cc1. The quantitative estimate of drug-likeness (QED) is 0.690. The maximum Gasteiger partial charge on any atom is 0.234 e. The van der Waals surface area contributed by atoms with Crippen LogP contribution < -0.4 is 10.1 Å². The van der Waals surface area contributed by atoms with Crippen LogP contribution >= 0.6 is 12.2 Å². The van der Waals surface area contributed by atoms with Gasteiger partial charge in [-0.2, -0.15) is 5.10 Å². The van der Waals surface area contributed by atoms with Crippen molar-refractivity contribution in [3.63, 3.8) is 0 Å². The molecule has 1 amide bonds. The van der Waals surface area contributed by atoms with E-state index in [0.29, 0.717) is 24.0 Å². The van der Waals surface area contributed by atoms with Crippen LogP contribution in [0.1, 0.15) is 12.8 Å². The van der Waals surface area contributed by atoms with Gasteiger partial charge in [0, 0.05) is 44.8 Å². The van der Waals surface area contributed by atoms with Crippen molar-refractivity contribution in [2.75, 3.05) is 39.8 Å². The van der Waals surface area contributed by atoms with Crippen LogP contribution in [0.25, 0.3) is 11.4 Å². The van der Waals surface area contributed by atoms with Crippen molar-refractivity contribution in [3.8, 4) is 17.1 Å². The molecule has 4 rings (SSSR count). The van der Waals surface area contributed by atoms with E-state index in [1.807, 2.05) is 40.6 Å². The molecule has 2 fully saturated rings. The predicted molar refractivity (Wildman–Crippen MR) is 113 cm³/mol. The van der Waals surface area contributed by atoms with E-state index in [-0.39, 0.29) is 5.91 Å². The highest BCUT2D eigenvalue weighted by Gasteiger charge is 2.25. The van der Waals surface area contributed by atoms with Crippen LogP contribution in [0, 0.1) is 4.77 Å². The first-order valence-corrected chi connectivity index (χ1v) is 10.5. The normalized spacial score (nSPS) is 18.0. The molecule has 0 bridgehead atoms. The zero-order chi connectivity index (χ0) is 20.4. The van der Waals surface area contributed by atoms with Gasteiger partial charge >= 0.3 is 0 Å². The van der Waals surface area contributed by atoms with Gasteiger partial charge in [-0.15, -0.1) is 0 Å². The van der Waals surface area contributed by atoms with Gasteiger partial charge in [0.05, 0.1) is 20.3 Å². The lowest BCUT2D eigenvalue weighted by Gasteiger charge is -2.33. The molecule has 2 aromatic rings. The van der Waals surface area contributed by atoms with E-state index in [4.69, 9.17) is 22.1 Å². The molecule has 9 heteroatoms. The summed E-state index contributed by atoms with van der Waals surface area (Å²) in [5.41, 5.74) is 1.00. The number of methoxy groups -OCH3 is 1. The fourth-order valence-electron chi connectivity index (χ4n) is 3.55. The largest absolute Gasteiger partial charge is 0.497 e. The minimum atomic E-state index is 0.150. The summed E-state index contributed by atoms with van der Waals surface area (Å²) in [5, 5.41) is 7.81. The molecular formula is C20H28N6O2S. The maximum atomic E-state index is 12.0. The molecule has 1 aliphatic heterocycles. The van der Waals surface area contributed by atoms with E-state index in [9.17, 15) is 4.79 Å². The number of nitrogens with one attached hydrogen (secondary N) is 1. The lowest BCUT2D eigenvalue weighted by Crippen LogP contribution is -2.49. The summed E-state index contributed by atoms with van der Waals surface area (Å²) >= 11 is 5.61. The fraction of sp³-hybridized carbons (Fsp3) is 0.550. The Morgan fingerprint density at radius 1 is 1.17 bits per heavy atom. The van der Waals surface area contributed by atoms with Crippen LogP contribution in [0.15, 0.2) is 24.3 Å². The van der Waals surface area contributed by atoms with Crippen molar-refractivity contribution < 1.29 is 9.53 Å². The van der Waals surface area contributed by atoms with Crippen molar-refractivity contribution in [2.45, 2.75) is 25.6 Å². The fourth-order valence-corrected chi connectivity index (χ4v) is 3.74. The molecule has 1 saturated carbocycles. The monoisotopic (exact) mass is 416 g/mol. The standard InChI is InChI=1S/C20H28N6O2S/c1-23-19(15-3-7-17(28-2)8-4-15)22-26(20(23)29)14-25-11-9-24(10-12-25)13-18(27)21-16-5-6-16/h3-4,7-8,16H,5-6,9-14H2,1-2H3,(H,21,27). The van der Waals surface area contributed by atoms with Crippen LogP contribution in [-0.2, 0) is 18.5 Å². The van der Waals surface area contributed by atoms with Crippen LogP contribution in [0.5, 0.6) is 5.75 Å². The first kappa shape index (κ1) is 20.1. The Morgan fingerprint density at radius 2 is 1.83 bits per heavy atom. The van der Waals surface area contributed by atoms with E-state index in [0.717, 1.165) is 56.2 Å². The molecule has 0 atom stereocenters. The first-order chi connectivity index (χ1) is 14.0. The molecule has 1 aliphatic carbocycles. The molecule has 8 nitrogen and oxygen atoms in total. The van der Waals surface area contributed by atoms with Gasteiger partial charge in [0.15, 0.2) is 10.6 Å². The van der Waals surface area contributed by atoms with Gasteiger partial charge in [-0.3, -0.25) is 14.6 Å². The van der Waals surface area contributed by atoms with Gasteiger partial charge < -0.3 is 14.6 Å². The third kappa shape index (κ3) is 4.85. The van der Waals surface area contributed by atoms with E-state index < -0.39 is 0 Å². The summed E-state index contributed by atoms with van der Waals surface area (Å²) in [6.45, 7) is 4.70. The summed E-state index contributed by atoms with van der Waals surface area (Å²) < 4.78 is 9.75. The van der Waals surface area contributed by atoms with Crippen molar-refractivity contribution in [3.05, 3.63) is 29.0 Å². The van der Waals surface area contributed by atoms with Crippen LogP contribution in [-0.4, -0.2) is 75.9 Å². The zero-order valence-corrected chi connectivity index (χ0v) is 17.8. The Hall–Kier alpha value is -2.23. The maximum absolute atomic E-state index is 12.0. The van der Waals surface area contributed by atoms with Crippen molar-refractivity contribution in [2.24, 2.45) is 7.05 Å². The summed E-state index contributed by atoms with van der Waals surface area (Å²) in [6, 6.07) is 8.26. The Morgan fingerprint density at radius 3 is 2.45 bits per heavy atom. The molecule has 0 unspecified atom stereocenters. The number of carbonyl (C=O) groups is 1. The third-order valence-corrected chi connectivity index (χ3v) is 5.98. The smallest absolute Gasteiger partial charge is 0.234 e. The van der Waals surface area contributed by atoms with Crippen LogP contribution in [0.2, 0.25) is 0 Å². The molecule has 1 saturated heterocycles. The highest BCUT2D eigenvalue weighted by molar-refractivity contribution is 7.71. The molecule has 2 heterocycles. The number of nitrogens with zero attached hydrogens (tertiary/aromatic N) is 5. The summed E-state index contributed by atoms with van der Waals surface area (Å²) in [7, 11) is 3.60. The number of rotatable bonds is 7. The molecule has 156 valence electrons. The molecule has 1 N–H and O–H groups in total. The minimum absolute atomic E-state index is 0.150. The zero-order valence-electron chi connectivity index (χ0n) is 17.0. The number of ether oxygens (including phenoxy) is 1. The number of benzene rings is 1. The molecule has 2 aliphatic rings. The minimum Gasteiger partial charge on any atom is -0.497 e. The number of aromatic nitrogens is 3. The van der Waals surface area contributed by atoms with Gasteiger partial charge in [0.25, 0.3) is 0 Å². The Bertz CT molecular complexity index is 910. The molecule has 1 aromatic carbocycles. The number of amides is 1.